The van der Waals surface area contributed by atoms with Crippen molar-refractivity contribution in [2.45, 2.75) is 25.3 Å². The van der Waals surface area contributed by atoms with E-state index in [0.717, 1.165) is 0 Å². The van der Waals surface area contributed by atoms with Gasteiger partial charge in [0.15, 0.2) is 12.3 Å². The lowest BCUT2D eigenvalue weighted by Gasteiger charge is -2.24. The predicted octanol–water partition coefficient (Wildman–Crippen LogP) is -1.86. The first-order chi connectivity index (χ1) is 7.07. The van der Waals surface area contributed by atoms with Crippen molar-refractivity contribution in [3.63, 3.8) is 0 Å². The van der Waals surface area contributed by atoms with Crippen molar-refractivity contribution >= 4 is 11.8 Å². The molecule has 0 aromatic heterocycles. The Balaban J connectivity index is 2.70. The Morgan fingerprint density at radius 3 is 2.73 bits per heavy atom. The monoisotopic (exact) mass is 217 g/mol. The number of nitrogens with zero attached hydrogens (tertiary/aromatic N) is 2. The number of carbonyl (C=O) groups is 2. The summed E-state index contributed by atoms with van der Waals surface area (Å²) in [7, 11) is 0. The van der Waals surface area contributed by atoms with E-state index >= 15 is 0 Å². The molecule has 0 bridgehead atoms. The first-order valence-corrected chi connectivity index (χ1v) is 4.30. The molecule has 1 rings (SSSR count). The molecule has 0 spiro atoms. The van der Waals surface area contributed by atoms with Crippen LogP contribution in [0.1, 0.15) is 6.92 Å². The summed E-state index contributed by atoms with van der Waals surface area (Å²) in [5.41, 5.74) is 2.05. The molecular formula is C7H11N3O5. The van der Waals surface area contributed by atoms with Crippen molar-refractivity contribution in [2.24, 2.45) is 10.3 Å². The molecule has 0 saturated heterocycles. The highest BCUT2D eigenvalue weighted by molar-refractivity contribution is 6.35. The Labute approximate surface area is 84.9 Å². The third-order valence-electron chi connectivity index (χ3n) is 1.76. The number of aliphatic hydroxyl groups excluding tert-OH is 2. The molecule has 0 saturated carbocycles. The number of rotatable bonds is 3. The fraction of sp³-hybridized carbons (Fsp3) is 0.714. The first kappa shape index (κ1) is 11.5. The van der Waals surface area contributed by atoms with Gasteiger partial charge in [-0.15, -0.1) is 0 Å². The number of Topliss-reactive ketones (excluding diaryl/α,β-unsaturated/α-hetero) is 1. The van der Waals surface area contributed by atoms with Crippen LogP contribution in [-0.4, -0.2) is 46.9 Å². The van der Waals surface area contributed by atoms with Crippen molar-refractivity contribution in [3.05, 3.63) is 0 Å². The largest absolute Gasteiger partial charge is 0.460 e. The quantitative estimate of drug-likeness (QED) is 0.376. The molecule has 1 heterocycles. The van der Waals surface area contributed by atoms with E-state index in [4.69, 9.17) is 5.11 Å². The minimum atomic E-state index is -1.51. The zero-order chi connectivity index (χ0) is 11.4. The second-order valence-electron chi connectivity index (χ2n) is 2.81. The summed E-state index contributed by atoms with van der Waals surface area (Å²) in [4.78, 5) is 22.3. The molecule has 0 aromatic carbocycles. The first-order valence-electron chi connectivity index (χ1n) is 4.30. The summed E-state index contributed by atoms with van der Waals surface area (Å²) < 4.78 is 4.44. The van der Waals surface area contributed by atoms with Gasteiger partial charge in [-0.05, 0) is 6.92 Å². The number of hydrogen-bond acceptors (Lipinski definition) is 8. The van der Waals surface area contributed by atoms with Crippen LogP contribution in [0.5, 0.6) is 0 Å². The maximum Gasteiger partial charge on any atom is 0.377 e. The highest BCUT2D eigenvalue weighted by Gasteiger charge is 2.39. The van der Waals surface area contributed by atoms with E-state index < -0.39 is 30.1 Å². The lowest BCUT2D eigenvalue weighted by Crippen LogP contribution is -2.51. The molecule has 0 aliphatic carbocycles. The van der Waals surface area contributed by atoms with E-state index in [1.807, 2.05) is 5.43 Å². The second-order valence-corrected chi connectivity index (χ2v) is 2.81. The van der Waals surface area contributed by atoms with Gasteiger partial charge in [0.1, 0.15) is 6.10 Å². The van der Waals surface area contributed by atoms with Gasteiger partial charge in [0.05, 0.1) is 6.61 Å². The maximum atomic E-state index is 11.3. The predicted molar refractivity (Wildman–Crippen MR) is 45.4 cm³/mol. The molecule has 3 N–H and O–H groups in total. The summed E-state index contributed by atoms with van der Waals surface area (Å²) in [6.07, 6.45) is -2.94. The summed E-state index contributed by atoms with van der Waals surface area (Å²) in [5, 5.41) is 24.9. The summed E-state index contributed by atoms with van der Waals surface area (Å²) in [6, 6.07) is -1.42. The molecule has 3 unspecified atom stereocenters. The van der Waals surface area contributed by atoms with Crippen LogP contribution in [0.2, 0.25) is 0 Å². The number of esters is 1. The van der Waals surface area contributed by atoms with E-state index in [2.05, 4.69) is 15.1 Å². The van der Waals surface area contributed by atoms with Crippen molar-refractivity contribution in [1.82, 2.24) is 5.43 Å². The number of aliphatic hydroxyl groups is 2. The minimum Gasteiger partial charge on any atom is -0.460 e. The standard InChI is InChI=1S/C7H11N3O5/c1-2-15-7(14)5(12)3-4(11)6(13)9-10-8-3/h3-4,6,11,13H,2H2,1H3,(H,8,9). The second kappa shape index (κ2) is 4.80. The molecule has 0 amide bonds. The zero-order valence-electron chi connectivity index (χ0n) is 7.95. The van der Waals surface area contributed by atoms with Crippen LogP contribution in [0.15, 0.2) is 10.3 Å². The molecule has 0 radical (unpaired) electrons. The van der Waals surface area contributed by atoms with Crippen LogP contribution in [0, 0.1) is 0 Å². The van der Waals surface area contributed by atoms with Gasteiger partial charge in [-0.1, -0.05) is 5.22 Å². The number of hydrogen-bond donors (Lipinski definition) is 3. The van der Waals surface area contributed by atoms with Crippen molar-refractivity contribution in [2.75, 3.05) is 6.61 Å². The summed E-state index contributed by atoms with van der Waals surface area (Å²) in [6.45, 7) is 1.59. The number of carbonyl (C=O) groups excluding carboxylic acids is 2. The van der Waals surface area contributed by atoms with Gasteiger partial charge in [-0.25, -0.2) is 4.79 Å². The average molecular weight is 217 g/mol. The smallest absolute Gasteiger partial charge is 0.377 e. The van der Waals surface area contributed by atoms with E-state index in [1.165, 1.54) is 0 Å². The Bertz CT molecular complexity index is 292. The number of nitrogens with one attached hydrogen (secondary N) is 1. The van der Waals surface area contributed by atoms with E-state index in [0.29, 0.717) is 0 Å². The van der Waals surface area contributed by atoms with Gasteiger partial charge in [-0.2, -0.15) is 5.11 Å². The van der Waals surface area contributed by atoms with Crippen LogP contribution in [0.3, 0.4) is 0 Å². The van der Waals surface area contributed by atoms with Gasteiger partial charge < -0.3 is 14.9 Å². The Hall–Kier alpha value is -1.54. The molecule has 1 aliphatic rings. The number of ketones is 1. The molecule has 8 heteroatoms. The van der Waals surface area contributed by atoms with E-state index in [1.54, 1.807) is 6.92 Å². The normalized spacial score (nSPS) is 29.4. The molecule has 3 atom stereocenters. The lowest BCUT2D eigenvalue weighted by atomic mass is 10.1. The van der Waals surface area contributed by atoms with E-state index in [9.17, 15) is 14.7 Å². The third-order valence-corrected chi connectivity index (χ3v) is 1.76. The topological polar surface area (TPSA) is 121 Å². The minimum absolute atomic E-state index is 0.0470. The van der Waals surface area contributed by atoms with Crippen molar-refractivity contribution < 1.29 is 24.5 Å². The van der Waals surface area contributed by atoms with Crippen LogP contribution in [0.4, 0.5) is 0 Å². The molecule has 0 fully saturated rings. The van der Waals surface area contributed by atoms with Gasteiger partial charge in [0, 0.05) is 0 Å². The Morgan fingerprint density at radius 2 is 2.13 bits per heavy atom. The molecule has 0 aromatic rings. The molecule has 8 nitrogen and oxygen atoms in total. The summed E-state index contributed by atoms with van der Waals surface area (Å²) >= 11 is 0. The van der Waals surface area contributed by atoms with Gasteiger partial charge in [-0.3, -0.25) is 10.2 Å². The highest BCUT2D eigenvalue weighted by Crippen LogP contribution is 2.10. The number of ether oxygens (including phenoxy) is 1. The Kier molecular flexibility index (Phi) is 3.69. The van der Waals surface area contributed by atoms with Crippen molar-refractivity contribution in [1.29, 1.82) is 0 Å². The molecule has 1 aliphatic heterocycles. The van der Waals surface area contributed by atoms with Crippen LogP contribution >= 0.6 is 0 Å². The van der Waals surface area contributed by atoms with Crippen molar-refractivity contribution in [3.8, 4) is 0 Å². The SMILES string of the molecule is CCOC(=O)C(=O)C1N=NNC(O)C1O. The highest BCUT2D eigenvalue weighted by atomic mass is 16.5. The van der Waals surface area contributed by atoms with Crippen LogP contribution < -0.4 is 5.43 Å². The maximum absolute atomic E-state index is 11.3. The van der Waals surface area contributed by atoms with Gasteiger partial charge in [0.2, 0.25) is 0 Å². The fourth-order valence-corrected chi connectivity index (χ4v) is 1.00. The average Bonchev–Trinajstić information content (AvgIpc) is 2.21. The zero-order valence-corrected chi connectivity index (χ0v) is 7.95. The summed E-state index contributed by atoms with van der Waals surface area (Å²) in [5.74, 6) is -2.14. The van der Waals surface area contributed by atoms with E-state index in [-0.39, 0.29) is 6.61 Å². The van der Waals surface area contributed by atoms with Crippen LogP contribution in [-0.2, 0) is 14.3 Å². The fourth-order valence-electron chi connectivity index (χ4n) is 1.00. The molecule has 15 heavy (non-hydrogen) atoms. The molecule has 84 valence electrons. The lowest BCUT2D eigenvalue weighted by molar-refractivity contribution is -0.156. The Morgan fingerprint density at radius 1 is 1.47 bits per heavy atom. The van der Waals surface area contributed by atoms with Gasteiger partial charge >= 0.3 is 5.97 Å². The molecular weight excluding hydrogens is 206 g/mol. The van der Waals surface area contributed by atoms with Gasteiger partial charge in [0.25, 0.3) is 5.78 Å². The van der Waals surface area contributed by atoms with Crippen LogP contribution in [0.25, 0.3) is 0 Å². The third kappa shape index (κ3) is 2.48.